The van der Waals surface area contributed by atoms with E-state index in [-0.39, 0.29) is 0 Å². The zero-order valence-corrected chi connectivity index (χ0v) is 14.2. The van der Waals surface area contributed by atoms with Crippen LogP contribution >= 0.6 is 11.8 Å². The fraction of sp³-hybridized carbons (Fsp3) is 0.438. The molecule has 1 aliphatic rings. The van der Waals surface area contributed by atoms with Crippen LogP contribution in [-0.2, 0) is 5.75 Å². The maximum Gasteiger partial charge on any atom is 0.257 e. The molecule has 7 nitrogen and oxygen atoms in total. The van der Waals surface area contributed by atoms with Gasteiger partial charge in [0, 0.05) is 5.56 Å². The largest absolute Gasteiger partial charge is 0.334 e. The van der Waals surface area contributed by atoms with Crippen molar-refractivity contribution in [1.82, 2.24) is 30.3 Å². The van der Waals surface area contributed by atoms with Gasteiger partial charge in [-0.25, -0.2) is 4.68 Å². The van der Waals surface area contributed by atoms with Crippen LogP contribution in [0.15, 0.2) is 33.9 Å². The SMILES string of the molecule is Cc1cccc(-c2nc(CSc3nnnn3C3CCCC3)no2)c1. The fourth-order valence-electron chi connectivity index (χ4n) is 3.00. The van der Waals surface area contributed by atoms with Crippen molar-refractivity contribution in [1.29, 1.82) is 0 Å². The molecule has 0 saturated heterocycles. The Morgan fingerprint density at radius 1 is 1.29 bits per heavy atom. The lowest BCUT2D eigenvalue weighted by molar-refractivity contribution is 0.421. The van der Waals surface area contributed by atoms with Gasteiger partial charge in [0.1, 0.15) is 0 Å². The number of hydrogen-bond donors (Lipinski definition) is 0. The van der Waals surface area contributed by atoms with E-state index in [1.807, 2.05) is 35.9 Å². The molecule has 1 saturated carbocycles. The molecule has 0 aliphatic heterocycles. The second-order valence-corrected chi connectivity index (χ2v) is 6.96. The molecule has 4 rings (SSSR count). The van der Waals surface area contributed by atoms with Crippen LogP contribution < -0.4 is 0 Å². The highest BCUT2D eigenvalue weighted by Crippen LogP contribution is 2.32. The highest BCUT2D eigenvalue weighted by Gasteiger charge is 2.22. The number of benzene rings is 1. The van der Waals surface area contributed by atoms with Crippen molar-refractivity contribution in [3.8, 4) is 11.5 Å². The van der Waals surface area contributed by atoms with Crippen molar-refractivity contribution in [2.24, 2.45) is 0 Å². The minimum Gasteiger partial charge on any atom is -0.334 e. The lowest BCUT2D eigenvalue weighted by Crippen LogP contribution is -2.08. The van der Waals surface area contributed by atoms with E-state index in [0.717, 1.165) is 29.1 Å². The lowest BCUT2D eigenvalue weighted by atomic mass is 10.1. The van der Waals surface area contributed by atoms with Crippen molar-refractivity contribution in [2.75, 3.05) is 0 Å². The van der Waals surface area contributed by atoms with E-state index in [0.29, 0.717) is 23.5 Å². The normalized spacial score (nSPS) is 15.2. The zero-order valence-electron chi connectivity index (χ0n) is 13.4. The maximum absolute atomic E-state index is 5.37. The van der Waals surface area contributed by atoms with Crippen LogP contribution in [0.4, 0.5) is 0 Å². The van der Waals surface area contributed by atoms with Crippen LogP contribution in [0.1, 0.15) is 43.1 Å². The van der Waals surface area contributed by atoms with Crippen LogP contribution in [0.3, 0.4) is 0 Å². The molecule has 1 fully saturated rings. The summed E-state index contributed by atoms with van der Waals surface area (Å²) in [6, 6.07) is 8.46. The molecule has 24 heavy (non-hydrogen) atoms. The molecule has 0 radical (unpaired) electrons. The predicted octanol–water partition coefficient (Wildman–Crippen LogP) is 3.44. The Kier molecular flexibility index (Phi) is 4.29. The average molecular weight is 342 g/mol. The molecule has 0 spiro atoms. The Labute approximate surface area is 143 Å². The molecule has 8 heteroatoms. The van der Waals surface area contributed by atoms with Gasteiger partial charge in [-0.15, -0.1) is 5.10 Å². The molecule has 2 aromatic heterocycles. The van der Waals surface area contributed by atoms with Crippen LogP contribution in [0.5, 0.6) is 0 Å². The van der Waals surface area contributed by atoms with E-state index in [4.69, 9.17) is 4.52 Å². The van der Waals surface area contributed by atoms with Gasteiger partial charge in [-0.1, -0.05) is 47.5 Å². The van der Waals surface area contributed by atoms with Crippen LogP contribution in [-0.4, -0.2) is 30.3 Å². The average Bonchev–Trinajstić information content (AvgIpc) is 3.33. The Balaban J connectivity index is 1.45. The molecule has 0 unspecified atom stereocenters. The minimum atomic E-state index is 0.427. The number of rotatable bonds is 5. The van der Waals surface area contributed by atoms with E-state index < -0.39 is 0 Å². The molecule has 0 bridgehead atoms. The van der Waals surface area contributed by atoms with Crippen molar-refractivity contribution >= 4 is 11.8 Å². The van der Waals surface area contributed by atoms with Gasteiger partial charge in [0.25, 0.3) is 5.89 Å². The number of nitrogens with zero attached hydrogens (tertiary/aromatic N) is 6. The summed E-state index contributed by atoms with van der Waals surface area (Å²) in [7, 11) is 0. The van der Waals surface area contributed by atoms with Crippen LogP contribution in [0.2, 0.25) is 0 Å². The lowest BCUT2D eigenvalue weighted by Gasteiger charge is -2.09. The van der Waals surface area contributed by atoms with Gasteiger partial charge in [-0.3, -0.25) is 0 Å². The van der Waals surface area contributed by atoms with E-state index >= 15 is 0 Å². The second kappa shape index (κ2) is 6.72. The molecule has 3 aromatic rings. The summed E-state index contributed by atoms with van der Waals surface area (Å²) in [6.45, 7) is 2.04. The summed E-state index contributed by atoms with van der Waals surface area (Å²) in [4.78, 5) is 4.47. The topological polar surface area (TPSA) is 82.5 Å². The van der Waals surface area contributed by atoms with Gasteiger partial charge in [0.15, 0.2) is 5.82 Å². The molecule has 124 valence electrons. The third-order valence-electron chi connectivity index (χ3n) is 4.20. The Bertz CT molecular complexity index is 823. The first-order chi connectivity index (χ1) is 11.8. The second-order valence-electron chi connectivity index (χ2n) is 6.02. The van der Waals surface area contributed by atoms with E-state index in [2.05, 4.69) is 25.7 Å². The third kappa shape index (κ3) is 3.19. The molecule has 0 N–H and O–H groups in total. The van der Waals surface area contributed by atoms with E-state index in [9.17, 15) is 0 Å². The standard InChI is InChI=1S/C16H18N6OS/c1-11-5-4-6-12(9-11)15-17-14(19-23-15)10-24-16-18-20-21-22(16)13-7-2-3-8-13/h4-6,9,13H,2-3,7-8,10H2,1H3. The Hall–Kier alpha value is -2.22. The van der Waals surface area contributed by atoms with Crippen LogP contribution in [0, 0.1) is 6.92 Å². The highest BCUT2D eigenvalue weighted by molar-refractivity contribution is 7.98. The quantitative estimate of drug-likeness (QED) is 0.657. The summed E-state index contributed by atoms with van der Waals surface area (Å²) in [5.74, 6) is 1.78. The first-order valence-electron chi connectivity index (χ1n) is 8.10. The Morgan fingerprint density at radius 2 is 2.17 bits per heavy atom. The van der Waals surface area contributed by atoms with Crippen molar-refractivity contribution in [2.45, 2.75) is 49.6 Å². The maximum atomic E-state index is 5.37. The number of tetrazole rings is 1. The van der Waals surface area contributed by atoms with Gasteiger partial charge in [0.2, 0.25) is 5.16 Å². The molecular formula is C16H18N6OS. The molecule has 1 aromatic carbocycles. The summed E-state index contributed by atoms with van der Waals surface area (Å²) in [6.07, 6.45) is 4.80. The molecular weight excluding hydrogens is 324 g/mol. The van der Waals surface area contributed by atoms with Crippen molar-refractivity contribution in [3.63, 3.8) is 0 Å². The highest BCUT2D eigenvalue weighted by atomic mass is 32.2. The third-order valence-corrected chi connectivity index (χ3v) is 5.13. The molecule has 0 amide bonds. The molecule has 2 heterocycles. The summed E-state index contributed by atoms with van der Waals surface area (Å²) in [5.41, 5.74) is 2.10. The first kappa shape index (κ1) is 15.3. The van der Waals surface area contributed by atoms with E-state index in [1.54, 1.807) is 11.8 Å². The van der Waals surface area contributed by atoms with Crippen molar-refractivity contribution < 1.29 is 4.52 Å². The monoisotopic (exact) mass is 342 g/mol. The van der Waals surface area contributed by atoms with Gasteiger partial charge >= 0.3 is 0 Å². The minimum absolute atomic E-state index is 0.427. The van der Waals surface area contributed by atoms with Crippen molar-refractivity contribution in [3.05, 3.63) is 35.7 Å². The predicted molar refractivity (Wildman–Crippen MR) is 89.4 cm³/mol. The first-order valence-corrected chi connectivity index (χ1v) is 9.08. The van der Waals surface area contributed by atoms with Gasteiger partial charge < -0.3 is 4.52 Å². The smallest absolute Gasteiger partial charge is 0.257 e. The number of aryl methyl sites for hydroxylation is 1. The summed E-state index contributed by atoms with van der Waals surface area (Å²) >= 11 is 1.55. The molecule has 1 aliphatic carbocycles. The van der Waals surface area contributed by atoms with Gasteiger partial charge in [0.05, 0.1) is 11.8 Å². The Morgan fingerprint density at radius 3 is 3.00 bits per heavy atom. The summed E-state index contributed by atoms with van der Waals surface area (Å²) in [5, 5.41) is 17.0. The van der Waals surface area contributed by atoms with E-state index in [1.165, 1.54) is 12.8 Å². The number of hydrogen-bond acceptors (Lipinski definition) is 7. The van der Waals surface area contributed by atoms with Gasteiger partial charge in [-0.05, 0) is 42.3 Å². The summed E-state index contributed by atoms with van der Waals surface area (Å²) < 4.78 is 7.32. The zero-order chi connectivity index (χ0) is 16.4. The van der Waals surface area contributed by atoms with Crippen LogP contribution in [0.25, 0.3) is 11.5 Å². The number of aromatic nitrogens is 6. The van der Waals surface area contributed by atoms with Gasteiger partial charge in [-0.2, -0.15) is 4.98 Å². The molecule has 0 atom stereocenters. The fourth-order valence-corrected chi connectivity index (χ4v) is 3.78. The number of thioether (sulfide) groups is 1.